The standard InChI is InChI=1S/C30H21N7O10S2/c31-21-9-7-18-23(19-8-10-22(32)27(49(44,45)46)25(19)47-24(18)26(21)48(41,42)43)17-6-5-16(11-20(17)30(39)40)29(38)33-12-14-1-3-15(4-2-14)28-36-34-13-35-37-28/h1-11,13H,12H2,(H7-,31,32,33,38,39,40,41,42,43,44,45,46)/p+2. The number of nitrogens with one attached hydrogen (secondary N) is 1. The molecule has 2 heterocycles. The number of carboxylic acid groups (broad SMARTS) is 1. The lowest BCUT2D eigenvalue weighted by Crippen LogP contribution is -2.47. The van der Waals surface area contributed by atoms with Gasteiger partial charge in [0.2, 0.25) is 16.1 Å². The minimum Gasteiger partial charge on any atom is -0.478 e. The number of nitrogens with two attached hydrogens (primary N) is 2. The van der Waals surface area contributed by atoms with Gasteiger partial charge in [-0.3, -0.25) is 14.8 Å². The van der Waals surface area contributed by atoms with Crippen LogP contribution in [-0.2, 0) is 31.4 Å². The van der Waals surface area contributed by atoms with Gasteiger partial charge >= 0.3 is 26.6 Å². The highest BCUT2D eigenvalue weighted by Crippen LogP contribution is 2.46. The summed E-state index contributed by atoms with van der Waals surface area (Å²) in [5.41, 5.74) is 5.48. The molecule has 1 aliphatic carbocycles. The molecule has 1 aromatic heterocycles. The Kier molecular flexibility index (Phi) is 8.22. The van der Waals surface area contributed by atoms with E-state index in [1.165, 1.54) is 30.6 Å². The summed E-state index contributed by atoms with van der Waals surface area (Å²) in [5.74, 6) is -2.45. The van der Waals surface area contributed by atoms with E-state index in [0.717, 1.165) is 18.2 Å². The van der Waals surface area contributed by atoms with E-state index in [1.54, 1.807) is 24.3 Å². The van der Waals surface area contributed by atoms with Crippen LogP contribution in [0.5, 0.6) is 0 Å². The Balaban J connectivity index is 1.47. The Bertz CT molecular complexity index is 2500. The topological polar surface area (TPSA) is 295 Å². The van der Waals surface area contributed by atoms with E-state index in [0.29, 0.717) is 17.0 Å². The monoisotopic (exact) mass is 705 g/mol. The van der Waals surface area contributed by atoms with Crippen molar-refractivity contribution in [3.63, 3.8) is 0 Å². The Labute approximate surface area is 276 Å². The molecule has 0 atom stereocenters. The van der Waals surface area contributed by atoms with E-state index in [9.17, 15) is 41.0 Å². The predicted molar refractivity (Wildman–Crippen MR) is 170 cm³/mol. The summed E-state index contributed by atoms with van der Waals surface area (Å²) in [4.78, 5) is 24.1. The van der Waals surface area contributed by atoms with E-state index < -0.39 is 70.2 Å². The van der Waals surface area contributed by atoms with E-state index in [2.05, 4.69) is 25.7 Å². The molecule has 0 saturated heterocycles. The van der Waals surface area contributed by atoms with Crippen molar-refractivity contribution in [1.82, 2.24) is 25.7 Å². The summed E-state index contributed by atoms with van der Waals surface area (Å²) in [6.45, 7) is 0.0660. The van der Waals surface area contributed by atoms with Gasteiger partial charge in [-0.2, -0.15) is 17.5 Å². The summed E-state index contributed by atoms with van der Waals surface area (Å²) in [6.07, 6.45) is 1.20. The zero-order chi connectivity index (χ0) is 35.2. The highest BCUT2D eigenvalue weighted by Gasteiger charge is 2.38. The third kappa shape index (κ3) is 6.22. The molecule has 1 amide bonds. The van der Waals surface area contributed by atoms with Gasteiger partial charge in [0, 0.05) is 40.3 Å². The minimum absolute atomic E-state index is 0.0524. The number of hydrogen-bond acceptors (Lipinski definition) is 11. The van der Waals surface area contributed by atoms with Crippen molar-refractivity contribution in [1.29, 1.82) is 0 Å². The van der Waals surface area contributed by atoms with Crippen molar-refractivity contribution < 1.29 is 50.8 Å². The number of rotatable bonds is 8. The highest BCUT2D eigenvalue weighted by molar-refractivity contribution is 7.92. The smallest absolute Gasteiger partial charge is 0.392 e. The molecule has 49 heavy (non-hydrogen) atoms. The van der Waals surface area contributed by atoms with Crippen LogP contribution in [0.25, 0.3) is 44.8 Å². The molecule has 0 saturated carbocycles. The maximum Gasteiger partial charge on any atom is 0.392 e. The molecule has 0 spiro atoms. The molecule has 0 fully saturated rings. The van der Waals surface area contributed by atoms with Gasteiger partial charge in [0.25, 0.3) is 10.8 Å². The quantitative estimate of drug-likeness (QED) is 0.0509. The molecule has 4 aromatic rings. The number of nitrogens with zero attached hydrogens (tertiary/aromatic N) is 4. The fourth-order valence-corrected chi connectivity index (χ4v) is 6.81. The van der Waals surface area contributed by atoms with E-state index in [1.807, 2.05) is 0 Å². The maximum absolute atomic E-state index is 13.2. The Hall–Kier alpha value is -5.99. The number of anilines is 1. The number of aromatic carboxylic acids is 1. The van der Waals surface area contributed by atoms with Crippen LogP contribution in [0.1, 0.15) is 26.3 Å². The molecule has 0 radical (unpaired) electrons. The average Bonchev–Trinajstić information content (AvgIpc) is 3.05. The molecule has 248 valence electrons. The number of nitrogen functional groups attached to an aromatic ring is 1. The van der Waals surface area contributed by atoms with E-state index >= 15 is 0 Å². The summed E-state index contributed by atoms with van der Waals surface area (Å²) in [5, 5.41) is 33.5. The molecule has 19 heteroatoms. The summed E-state index contributed by atoms with van der Waals surface area (Å²) in [6, 6.07) is 15.4. The van der Waals surface area contributed by atoms with Gasteiger partial charge in [-0.15, -0.1) is 20.4 Å². The lowest BCUT2D eigenvalue weighted by molar-refractivity contribution is -0.176. The largest absolute Gasteiger partial charge is 0.478 e. The number of carbonyl (C=O) groups excluding carboxylic acids is 1. The van der Waals surface area contributed by atoms with Crippen LogP contribution in [0.4, 0.5) is 5.69 Å². The van der Waals surface area contributed by atoms with Crippen molar-refractivity contribution >= 4 is 49.1 Å². The van der Waals surface area contributed by atoms with Crippen molar-refractivity contribution in [2.45, 2.75) is 16.3 Å². The summed E-state index contributed by atoms with van der Waals surface area (Å²) >= 11 is 0. The summed E-state index contributed by atoms with van der Waals surface area (Å²) in [7, 11) is -9.97. The number of fused-ring (bicyclic) bond motifs is 2. The SMILES string of the molecule is Nc1ccc2c(-c3ccc(C(=O)NCc4ccc(-c5nncnn5)cc4)cc3C(=O)O)c3ccc(=[NH2+])c(S(=O)(=O)O)c-3oc2c1[S+](=O)(O)O. The van der Waals surface area contributed by atoms with Crippen LogP contribution >= 0.6 is 0 Å². The minimum atomic E-state index is -5.10. The van der Waals surface area contributed by atoms with Crippen molar-refractivity contribution in [2.75, 3.05) is 5.73 Å². The Morgan fingerprint density at radius 2 is 1.63 bits per heavy atom. The second kappa shape index (κ2) is 12.2. The number of aromatic nitrogens is 4. The van der Waals surface area contributed by atoms with Crippen LogP contribution < -0.4 is 21.8 Å². The zero-order valence-corrected chi connectivity index (χ0v) is 26.3. The Morgan fingerprint density at radius 1 is 0.959 bits per heavy atom. The van der Waals surface area contributed by atoms with Crippen molar-refractivity contribution in [3.8, 4) is 33.8 Å². The predicted octanol–water partition coefficient (Wildman–Crippen LogP) is 1.37. The normalized spacial score (nSPS) is 11.9. The van der Waals surface area contributed by atoms with Gasteiger partial charge in [-0.1, -0.05) is 30.3 Å². The molecule has 0 unspecified atom stereocenters. The number of carbonyl (C=O) groups is 2. The molecule has 17 nitrogen and oxygen atoms in total. The Morgan fingerprint density at radius 3 is 2.27 bits per heavy atom. The molecule has 1 aliphatic heterocycles. The summed E-state index contributed by atoms with van der Waals surface area (Å²) < 4.78 is 73.4. The molecular formula is C30H23N7O10S2+2. The van der Waals surface area contributed by atoms with Crippen molar-refractivity contribution in [3.05, 3.63) is 95.1 Å². The molecule has 9 N–H and O–H groups in total. The third-order valence-corrected chi connectivity index (χ3v) is 9.30. The third-order valence-electron chi connectivity index (χ3n) is 7.41. The molecule has 2 aliphatic rings. The van der Waals surface area contributed by atoms with Gasteiger partial charge in [0.05, 0.1) is 11.3 Å². The van der Waals surface area contributed by atoms with Gasteiger partial charge in [0.1, 0.15) is 0 Å². The zero-order valence-electron chi connectivity index (χ0n) is 24.6. The lowest BCUT2D eigenvalue weighted by Gasteiger charge is -2.19. The molecule has 6 rings (SSSR count). The first-order valence-electron chi connectivity index (χ1n) is 13.8. The number of carboxylic acids is 1. The van der Waals surface area contributed by atoms with E-state index in [4.69, 9.17) is 15.6 Å². The fraction of sp³-hybridized carbons (Fsp3) is 0.0333. The molecular weight excluding hydrogens is 683 g/mol. The first kappa shape index (κ1) is 32.9. The van der Waals surface area contributed by atoms with Crippen LogP contribution in [0, 0.1) is 0 Å². The maximum atomic E-state index is 13.2. The average molecular weight is 706 g/mol. The molecule has 3 aromatic carbocycles. The number of amides is 1. The van der Waals surface area contributed by atoms with Gasteiger partial charge in [0.15, 0.2) is 17.7 Å². The van der Waals surface area contributed by atoms with Crippen LogP contribution in [-0.4, -0.2) is 59.5 Å². The fourth-order valence-electron chi connectivity index (χ4n) is 5.29. The first-order chi connectivity index (χ1) is 23.1. The van der Waals surface area contributed by atoms with E-state index in [-0.39, 0.29) is 34.2 Å². The first-order valence-corrected chi connectivity index (χ1v) is 16.7. The van der Waals surface area contributed by atoms with Crippen molar-refractivity contribution in [2.24, 2.45) is 0 Å². The van der Waals surface area contributed by atoms with Crippen LogP contribution in [0.3, 0.4) is 0 Å². The second-order valence-corrected chi connectivity index (χ2v) is 13.2. The lowest BCUT2D eigenvalue weighted by atomic mass is 9.89. The number of hydrogen-bond donors (Lipinski definition) is 7. The van der Waals surface area contributed by atoms with Gasteiger partial charge in [-0.25, -0.2) is 4.79 Å². The number of benzene rings is 4. The highest BCUT2D eigenvalue weighted by atomic mass is 32.3. The van der Waals surface area contributed by atoms with Crippen LogP contribution in [0.15, 0.2) is 87.3 Å². The van der Waals surface area contributed by atoms with Crippen LogP contribution in [0.2, 0.25) is 0 Å². The molecule has 0 bridgehead atoms. The van der Waals surface area contributed by atoms with Gasteiger partial charge in [-0.05, 0) is 45.7 Å². The second-order valence-electron chi connectivity index (χ2n) is 10.5. The van der Waals surface area contributed by atoms with Gasteiger partial charge < -0.3 is 20.6 Å².